The van der Waals surface area contributed by atoms with Crippen LogP contribution in [-0.2, 0) is 25.6 Å². The number of furan rings is 1. The molecule has 40 heavy (non-hydrogen) atoms. The third kappa shape index (κ3) is 6.79. The Morgan fingerprint density at radius 1 is 1.25 bits per heavy atom. The molecule has 4 atom stereocenters. The van der Waals surface area contributed by atoms with Crippen molar-refractivity contribution in [2.45, 2.75) is 65.0 Å². The number of ketones is 1. The van der Waals surface area contributed by atoms with Gasteiger partial charge in [-0.15, -0.1) is 0 Å². The summed E-state index contributed by atoms with van der Waals surface area (Å²) in [5.74, 6) is 0.441. The molecular weight excluding hydrogens is 517 g/mol. The Morgan fingerprint density at radius 3 is 2.73 bits per heavy atom. The van der Waals surface area contributed by atoms with Gasteiger partial charge in [0.05, 0.1) is 19.7 Å². The predicted octanol–water partition coefficient (Wildman–Crippen LogP) is 3.38. The molecule has 2 fully saturated rings. The number of alkyl halides is 1. The summed E-state index contributed by atoms with van der Waals surface area (Å²) in [5, 5.41) is 2.84. The van der Waals surface area contributed by atoms with E-state index < -0.39 is 36.2 Å². The number of rotatable bonds is 12. The zero-order chi connectivity index (χ0) is 29.0. The van der Waals surface area contributed by atoms with Gasteiger partial charge in [-0.1, -0.05) is 19.9 Å². The number of fused-ring (bicyclic) bond motifs is 1. The zero-order valence-corrected chi connectivity index (χ0v) is 23.9. The first-order valence-electron chi connectivity index (χ1n) is 13.9. The van der Waals surface area contributed by atoms with Crippen molar-refractivity contribution < 1.29 is 32.7 Å². The molecule has 2 aliphatic heterocycles. The van der Waals surface area contributed by atoms with Gasteiger partial charge in [0.1, 0.15) is 42.5 Å². The number of nitrogens with one attached hydrogen (secondary N) is 1. The van der Waals surface area contributed by atoms with E-state index in [9.17, 15) is 18.8 Å². The average Bonchev–Trinajstić information content (AvgIpc) is 3.61. The number of likely N-dealkylation sites (N-methyl/N-ethyl adjacent to an activating group) is 1. The number of likely N-dealkylation sites (tertiary alicyclic amines) is 1. The Bertz CT molecular complexity index is 1210. The molecule has 10 heteroatoms. The van der Waals surface area contributed by atoms with Crippen LogP contribution in [0.25, 0.3) is 11.3 Å². The number of hydrogen-bond acceptors (Lipinski definition) is 7. The molecule has 218 valence electrons. The lowest BCUT2D eigenvalue weighted by molar-refractivity contribution is -0.138. The number of hydrogen-bond donors (Lipinski definition) is 1. The second kappa shape index (κ2) is 13.1. The van der Waals surface area contributed by atoms with Crippen LogP contribution in [-0.4, -0.2) is 91.7 Å². The average molecular weight is 558 g/mol. The Balaban J connectivity index is 1.44. The first-order valence-corrected chi connectivity index (χ1v) is 13.9. The molecule has 4 rings (SSSR count). The second-order valence-electron chi connectivity index (χ2n) is 11.1. The second-order valence-corrected chi connectivity index (χ2v) is 11.1. The maximum absolute atomic E-state index is 14.5. The summed E-state index contributed by atoms with van der Waals surface area (Å²) >= 11 is 0. The van der Waals surface area contributed by atoms with Gasteiger partial charge in [0.25, 0.3) is 5.91 Å². The minimum atomic E-state index is -1.43. The topological polar surface area (TPSA) is 101 Å². The molecule has 0 saturated carbocycles. The van der Waals surface area contributed by atoms with Crippen LogP contribution in [0.15, 0.2) is 34.7 Å². The molecule has 0 aliphatic carbocycles. The highest BCUT2D eigenvalue weighted by atomic mass is 19.1. The lowest BCUT2D eigenvalue weighted by Gasteiger charge is -2.28. The van der Waals surface area contributed by atoms with Crippen LogP contribution in [0.1, 0.15) is 48.9 Å². The molecule has 0 bridgehead atoms. The first-order chi connectivity index (χ1) is 19.1. The predicted molar refractivity (Wildman–Crippen MR) is 148 cm³/mol. The summed E-state index contributed by atoms with van der Waals surface area (Å²) in [4.78, 5) is 42.4. The number of carbonyl (C=O) groups is 3. The van der Waals surface area contributed by atoms with Gasteiger partial charge in [0.15, 0.2) is 5.78 Å². The first kappa shape index (κ1) is 29.9. The Hall–Kier alpha value is -3.08. The van der Waals surface area contributed by atoms with Crippen LogP contribution in [0, 0.1) is 12.8 Å². The molecule has 3 heterocycles. The molecule has 1 N–H and O–H groups in total. The van der Waals surface area contributed by atoms with Crippen molar-refractivity contribution in [2.75, 3.05) is 40.0 Å². The Kier molecular flexibility index (Phi) is 9.76. The van der Waals surface area contributed by atoms with Crippen molar-refractivity contribution >= 4 is 17.6 Å². The fourth-order valence-electron chi connectivity index (χ4n) is 5.36. The number of Topliss-reactive ketones (excluding diaryl/α,β-unsaturated/α-hetero) is 1. The van der Waals surface area contributed by atoms with Gasteiger partial charge < -0.3 is 24.1 Å². The number of amides is 2. The van der Waals surface area contributed by atoms with Crippen molar-refractivity contribution in [1.29, 1.82) is 0 Å². The van der Waals surface area contributed by atoms with E-state index in [1.807, 2.05) is 52.9 Å². The Morgan fingerprint density at radius 2 is 2.02 bits per heavy atom. The summed E-state index contributed by atoms with van der Waals surface area (Å²) < 4.78 is 31.2. The highest BCUT2D eigenvalue weighted by Crippen LogP contribution is 2.31. The number of carbonyl (C=O) groups excluding carboxylic acids is 3. The third-order valence-electron chi connectivity index (χ3n) is 7.38. The van der Waals surface area contributed by atoms with E-state index in [2.05, 4.69) is 10.2 Å². The molecule has 0 spiro atoms. The number of benzene rings is 1. The van der Waals surface area contributed by atoms with Crippen molar-refractivity contribution in [1.82, 2.24) is 15.1 Å². The summed E-state index contributed by atoms with van der Waals surface area (Å²) in [6.07, 6.45) is -2.00. The quantitative estimate of drug-likeness (QED) is 0.399. The molecule has 0 unspecified atom stereocenters. The van der Waals surface area contributed by atoms with Gasteiger partial charge in [0, 0.05) is 24.3 Å². The van der Waals surface area contributed by atoms with Crippen molar-refractivity contribution in [3.8, 4) is 11.3 Å². The minimum Gasteiger partial charge on any atom is -0.460 e. The monoisotopic (exact) mass is 557 g/mol. The van der Waals surface area contributed by atoms with E-state index >= 15 is 0 Å². The summed E-state index contributed by atoms with van der Waals surface area (Å²) in [7, 11) is 2.01. The smallest absolute Gasteiger partial charge is 0.251 e. The van der Waals surface area contributed by atoms with E-state index in [4.69, 9.17) is 13.9 Å². The van der Waals surface area contributed by atoms with Gasteiger partial charge in [-0.05, 0) is 63.1 Å². The lowest BCUT2D eigenvalue weighted by atomic mass is 10.00. The molecule has 2 amide bonds. The van der Waals surface area contributed by atoms with Gasteiger partial charge >= 0.3 is 0 Å². The van der Waals surface area contributed by atoms with Gasteiger partial charge in [-0.3, -0.25) is 19.3 Å². The van der Waals surface area contributed by atoms with Gasteiger partial charge in [-0.25, -0.2) is 4.39 Å². The van der Waals surface area contributed by atoms with Gasteiger partial charge in [-0.2, -0.15) is 0 Å². The van der Waals surface area contributed by atoms with Gasteiger partial charge in [0.2, 0.25) is 5.91 Å². The number of halogens is 1. The van der Waals surface area contributed by atoms with Crippen molar-refractivity contribution in [3.05, 3.63) is 47.2 Å². The van der Waals surface area contributed by atoms with E-state index in [0.717, 1.165) is 23.4 Å². The van der Waals surface area contributed by atoms with E-state index in [0.29, 0.717) is 37.5 Å². The Labute approximate surface area is 235 Å². The molecule has 2 aromatic rings. The normalized spacial score (nSPS) is 21.4. The molecule has 9 nitrogen and oxygen atoms in total. The summed E-state index contributed by atoms with van der Waals surface area (Å²) in [6.45, 7) is 10.1. The lowest BCUT2D eigenvalue weighted by Crippen LogP contribution is -2.52. The van der Waals surface area contributed by atoms with Crippen molar-refractivity contribution in [2.24, 2.45) is 5.92 Å². The summed E-state index contributed by atoms with van der Waals surface area (Å²) in [6, 6.07) is 7.33. The molecule has 2 saturated heterocycles. The van der Waals surface area contributed by atoms with Crippen LogP contribution in [0.3, 0.4) is 0 Å². The molecule has 0 radical (unpaired) electrons. The number of nitrogens with zero attached hydrogens (tertiary/aromatic N) is 2. The van der Waals surface area contributed by atoms with Crippen LogP contribution < -0.4 is 5.32 Å². The molecule has 2 aliphatic rings. The van der Waals surface area contributed by atoms with Crippen LogP contribution in [0.2, 0.25) is 0 Å². The SMILES string of the molecule is CCOCCN(C)Cc1ccc(-c2ccc(C(=O)N[C@@H](CC(C)C)C(=O)N3C[C@H](F)[C@H]4OCC(=O)[C@H]43)cc2C)o1. The van der Waals surface area contributed by atoms with E-state index in [1.165, 1.54) is 4.90 Å². The summed E-state index contributed by atoms with van der Waals surface area (Å²) in [5.41, 5.74) is 2.11. The van der Waals surface area contributed by atoms with Crippen LogP contribution in [0.4, 0.5) is 4.39 Å². The number of aryl methyl sites for hydroxylation is 1. The minimum absolute atomic E-state index is 0.0832. The maximum Gasteiger partial charge on any atom is 0.251 e. The molecular formula is C30H40FN3O6. The van der Waals surface area contributed by atoms with Crippen LogP contribution in [0.5, 0.6) is 0 Å². The maximum atomic E-state index is 14.5. The van der Waals surface area contributed by atoms with E-state index in [-0.39, 0.29) is 24.9 Å². The largest absolute Gasteiger partial charge is 0.460 e. The highest BCUT2D eigenvalue weighted by molar-refractivity contribution is 5.99. The van der Waals surface area contributed by atoms with Crippen LogP contribution >= 0.6 is 0 Å². The fourth-order valence-corrected chi connectivity index (χ4v) is 5.36. The zero-order valence-electron chi connectivity index (χ0n) is 23.9. The van der Waals surface area contributed by atoms with Crippen molar-refractivity contribution in [3.63, 3.8) is 0 Å². The highest BCUT2D eigenvalue weighted by Gasteiger charge is 2.53. The number of ether oxygens (including phenoxy) is 2. The molecule has 1 aromatic carbocycles. The fraction of sp³-hybridized carbons (Fsp3) is 0.567. The third-order valence-corrected chi connectivity index (χ3v) is 7.38. The molecule has 1 aromatic heterocycles. The standard InChI is InChI=1S/C30H40FN3O6/c1-6-38-12-11-33(5)15-21-8-10-26(40-21)22-9-7-20(14-19(22)4)29(36)32-24(13-18(2)3)30(37)34-16-23(31)28-27(34)25(35)17-39-28/h7-10,14,18,23-24,27-28H,6,11-13,15-17H2,1-5H3,(H,32,36)/t23-,24-,27+,28+/m0/s1. The van der Waals surface area contributed by atoms with E-state index in [1.54, 1.807) is 12.1 Å².